The monoisotopic (exact) mass is 420 g/mol. The molecule has 0 aliphatic carbocycles. The van der Waals surface area contributed by atoms with Gasteiger partial charge in [0.1, 0.15) is 12.1 Å². The summed E-state index contributed by atoms with van der Waals surface area (Å²) in [6.45, 7) is 0.422. The van der Waals surface area contributed by atoms with Crippen molar-refractivity contribution in [2.45, 2.75) is 13.0 Å². The molecule has 0 N–H and O–H groups in total. The predicted molar refractivity (Wildman–Crippen MR) is 124 cm³/mol. The Bertz CT molecular complexity index is 1520. The third kappa shape index (κ3) is 3.72. The standard InChI is InChI=1S/C26H20N4O2/c1-32-22-13-10-19(11-14-22)8-5-9-20-12-15-24-23(16-20)25(31)29(26-28-27-18-30(24)26)17-21-6-3-2-4-7-21/h2-4,6-7,10-16,18H,8,17H2,1H3. The highest BCUT2D eigenvalue weighted by molar-refractivity contribution is 5.81. The number of benzene rings is 3. The van der Waals surface area contributed by atoms with Crippen molar-refractivity contribution in [2.75, 3.05) is 7.11 Å². The van der Waals surface area contributed by atoms with E-state index in [1.54, 1.807) is 18.0 Å². The van der Waals surface area contributed by atoms with Crippen LogP contribution in [0.15, 0.2) is 83.9 Å². The van der Waals surface area contributed by atoms with E-state index in [0.29, 0.717) is 24.1 Å². The smallest absolute Gasteiger partial charge is 0.263 e. The van der Waals surface area contributed by atoms with Crippen LogP contribution in [0, 0.1) is 11.8 Å². The Kier molecular flexibility index (Phi) is 5.14. The Balaban J connectivity index is 1.52. The van der Waals surface area contributed by atoms with Gasteiger partial charge in [0.25, 0.3) is 5.56 Å². The summed E-state index contributed by atoms with van der Waals surface area (Å²) in [4.78, 5) is 13.4. The summed E-state index contributed by atoms with van der Waals surface area (Å²) in [6, 6.07) is 23.4. The second-order valence-electron chi connectivity index (χ2n) is 7.44. The third-order valence-electron chi connectivity index (χ3n) is 5.37. The van der Waals surface area contributed by atoms with Gasteiger partial charge in [-0.25, -0.2) is 0 Å². The maximum absolute atomic E-state index is 13.4. The molecule has 5 rings (SSSR count). The van der Waals surface area contributed by atoms with Crippen molar-refractivity contribution in [3.8, 4) is 17.6 Å². The van der Waals surface area contributed by atoms with Gasteiger partial charge in [-0.1, -0.05) is 54.3 Å². The molecular weight excluding hydrogens is 400 g/mol. The molecule has 156 valence electrons. The lowest BCUT2D eigenvalue weighted by atomic mass is 10.1. The predicted octanol–water partition coefficient (Wildman–Crippen LogP) is 3.70. The second kappa shape index (κ2) is 8.40. The molecule has 0 saturated carbocycles. The van der Waals surface area contributed by atoms with Crippen molar-refractivity contribution in [3.05, 3.63) is 106 Å². The average Bonchev–Trinajstić information content (AvgIpc) is 3.33. The lowest BCUT2D eigenvalue weighted by Gasteiger charge is -2.10. The number of hydrogen-bond acceptors (Lipinski definition) is 4. The first kappa shape index (κ1) is 19.6. The summed E-state index contributed by atoms with van der Waals surface area (Å²) in [6.07, 6.45) is 2.25. The van der Waals surface area contributed by atoms with Gasteiger partial charge >= 0.3 is 0 Å². The molecule has 0 bridgehead atoms. The Morgan fingerprint density at radius 3 is 2.56 bits per heavy atom. The largest absolute Gasteiger partial charge is 0.497 e. The number of fused-ring (bicyclic) bond motifs is 3. The third-order valence-corrected chi connectivity index (χ3v) is 5.37. The summed E-state index contributed by atoms with van der Waals surface area (Å²) in [5, 5.41) is 8.80. The van der Waals surface area contributed by atoms with Crippen LogP contribution < -0.4 is 10.3 Å². The summed E-state index contributed by atoms with van der Waals surface area (Å²) in [5.41, 5.74) is 3.58. The van der Waals surface area contributed by atoms with E-state index in [9.17, 15) is 4.79 Å². The molecular formula is C26H20N4O2. The zero-order chi connectivity index (χ0) is 21.9. The fourth-order valence-electron chi connectivity index (χ4n) is 3.71. The number of ether oxygens (including phenoxy) is 1. The molecule has 2 aromatic heterocycles. The number of hydrogen-bond donors (Lipinski definition) is 0. The van der Waals surface area contributed by atoms with E-state index in [4.69, 9.17) is 4.74 Å². The topological polar surface area (TPSA) is 61.4 Å². The van der Waals surface area contributed by atoms with E-state index in [0.717, 1.165) is 28.0 Å². The molecule has 0 aliphatic heterocycles. The van der Waals surface area contributed by atoms with Crippen LogP contribution in [-0.2, 0) is 13.0 Å². The molecule has 6 nitrogen and oxygen atoms in total. The molecule has 0 unspecified atom stereocenters. The van der Waals surface area contributed by atoms with Gasteiger partial charge in [0, 0.05) is 12.0 Å². The van der Waals surface area contributed by atoms with Gasteiger partial charge in [-0.05, 0) is 41.5 Å². The van der Waals surface area contributed by atoms with Gasteiger partial charge in [-0.2, -0.15) is 0 Å². The van der Waals surface area contributed by atoms with Gasteiger partial charge in [0.2, 0.25) is 5.78 Å². The molecule has 5 aromatic rings. The van der Waals surface area contributed by atoms with E-state index in [-0.39, 0.29) is 5.56 Å². The molecule has 0 spiro atoms. The van der Waals surface area contributed by atoms with Crippen LogP contribution >= 0.6 is 0 Å². The van der Waals surface area contributed by atoms with Crippen LogP contribution in [0.5, 0.6) is 5.75 Å². The van der Waals surface area contributed by atoms with E-state index < -0.39 is 0 Å². The molecule has 0 fully saturated rings. The minimum Gasteiger partial charge on any atom is -0.497 e. The highest BCUT2D eigenvalue weighted by Gasteiger charge is 2.13. The van der Waals surface area contributed by atoms with E-state index >= 15 is 0 Å². The molecule has 3 aromatic carbocycles. The Morgan fingerprint density at radius 2 is 1.78 bits per heavy atom. The van der Waals surface area contributed by atoms with Gasteiger partial charge < -0.3 is 4.74 Å². The first-order valence-corrected chi connectivity index (χ1v) is 10.2. The number of methoxy groups -OCH3 is 1. The van der Waals surface area contributed by atoms with Crippen molar-refractivity contribution < 1.29 is 4.74 Å². The lowest BCUT2D eigenvalue weighted by Crippen LogP contribution is -2.23. The Morgan fingerprint density at radius 1 is 0.969 bits per heavy atom. The van der Waals surface area contributed by atoms with Crippen LogP contribution in [0.3, 0.4) is 0 Å². The normalized spacial score (nSPS) is 10.8. The molecule has 32 heavy (non-hydrogen) atoms. The molecule has 0 radical (unpaired) electrons. The molecule has 0 amide bonds. The van der Waals surface area contributed by atoms with Crippen molar-refractivity contribution in [1.82, 2.24) is 19.2 Å². The number of aromatic nitrogens is 4. The minimum absolute atomic E-state index is 0.108. The van der Waals surface area contributed by atoms with Crippen molar-refractivity contribution in [1.29, 1.82) is 0 Å². The highest BCUT2D eigenvalue weighted by Crippen LogP contribution is 2.16. The quantitative estimate of drug-likeness (QED) is 0.416. The van der Waals surface area contributed by atoms with Crippen molar-refractivity contribution >= 4 is 16.7 Å². The van der Waals surface area contributed by atoms with Gasteiger partial charge in [-0.3, -0.25) is 13.8 Å². The van der Waals surface area contributed by atoms with Crippen LogP contribution in [0.25, 0.3) is 16.7 Å². The van der Waals surface area contributed by atoms with Gasteiger partial charge in [-0.15, -0.1) is 10.2 Å². The van der Waals surface area contributed by atoms with Gasteiger partial charge in [0.15, 0.2) is 0 Å². The fraction of sp³-hybridized carbons (Fsp3) is 0.115. The van der Waals surface area contributed by atoms with E-state index in [2.05, 4.69) is 22.0 Å². The van der Waals surface area contributed by atoms with Gasteiger partial charge in [0.05, 0.1) is 24.6 Å². The molecule has 0 aliphatic rings. The van der Waals surface area contributed by atoms with Crippen molar-refractivity contribution in [2.24, 2.45) is 0 Å². The lowest BCUT2D eigenvalue weighted by molar-refractivity contribution is 0.414. The van der Waals surface area contributed by atoms with Crippen molar-refractivity contribution in [3.63, 3.8) is 0 Å². The SMILES string of the molecule is COc1ccc(CC#Cc2ccc3c(c2)c(=O)n(Cc2ccccc2)c2nncn32)cc1. The molecule has 2 heterocycles. The number of rotatable bonds is 4. The van der Waals surface area contributed by atoms with Crippen LogP contribution in [0.1, 0.15) is 16.7 Å². The Hall–Kier alpha value is -4.37. The van der Waals surface area contributed by atoms with Crippen LogP contribution in [0.4, 0.5) is 0 Å². The zero-order valence-electron chi connectivity index (χ0n) is 17.5. The maximum atomic E-state index is 13.4. The number of nitrogens with zero attached hydrogens (tertiary/aromatic N) is 4. The van der Waals surface area contributed by atoms with E-state index in [1.165, 1.54) is 0 Å². The zero-order valence-corrected chi connectivity index (χ0v) is 17.5. The molecule has 0 atom stereocenters. The maximum Gasteiger partial charge on any atom is 0.263 e. The Labute approximate surface area is 184 Å². The summed E-state index contributed by atoms with van der Waals surface area (Å²) >= 11 is 0. The first-order valence-electron chi connectivity index (χ1n) is 10.2. The highest BCUT2D eigenvalue weighted by atomic mass is 16.5. The minimum atomic E-state index is -0.108. The summed E-state index contributed by atoms with van der Waals surface area (Å²) in [7, 11) is 1.65. The van der Waals surface area contributed by atoms with E-state index in [1.807, 2.05) is 77.2 Å². The average molecular weight is 420 g/mol. The molecule has 0 saturated heterocycles. The van der Waals surface area contributed by atoms with Crippen LogP contribution in [-0.4, -0.2) is 26.3 Å². The fourth-order valence-corrected chi connectivity index (χ4v) is 3.71. The second-order valence-corrected chi connectivity index (χ2v) is 7.44. The molecule has 6 heteroatoms. The first-order chi connectivity index (χ1) is 15.7. The summed E-state index contributed by atoms with van der Waals surface area (Å²) in [5.74, 6) is 7.72. The summed E-state index contributed by atoms with van der Waals surface area (Å²) < 4.78 is 8.68. The van der Waals surface area contributed by atoms with Crippen LogP contribution in [0.2, 0.25) is 0 Å².